The van der Waals surface area contributed by atoms with Crippen LogP contribution in [0.3, 0.4) is 0 Å². The number of carbonyl (C=O) groups is 1. The molecule has 244 valence electrons. The molecule has 1 aliphatic rings. The molecule has 6 rings (SSSR count). The Bertz CT molecular complexity index is 2200. The van der Waals surface area contributed by atoms with E-state index in [1.807, 2.05) is 78.9 Å². The summed E-state index contributed by atoms with van der Waals surface area (Å²) in [5.41, 5.74) is 3.39. The standard InChI is InChI=1S/C37H30Br2N2O6S/c1-4-46-36(43)31-32(23-13-9-6-10-14-23)40-37-41(33(31)24-15-16-28(44-2)29(18-24)45-3)35(42)30(48-37)19-25-17-26(38)20-27(39)34(25)47-21-22-11-7-5-8-12-22/h5-20,33H,4,21H2,1-3H3/b30-19-/t33-/m1/s1. The summed E-state index contributed by atoms with van der Waals surface area (Å²) < 4.78 is 26.5. The van der Waals surface area contributed by atoms with E-state index in [1.54, 1.807) is 36.8 Å². The maximum absolute atomic E-state index is 14.5. The van der Waals surface area contributed by atoms with Crippen LogP contribution in [0.4, 0.5) is 0 Å². The molecule has 8 nitrogen and oxygen atoms in total. The highest BCUT2D eigenvalue weighted by molar-refractivity contribution is 9.11. The summed E-state index contributed by atoms with van der Waals surface area (Å²) in [6.07, 6.45) is 1.79. The van der Waals surface area contributed by atoms with Crippen LogP contribution in [0.5, 0.6) is 17.2 Å². The number of halogens is 2. The summed E-state index contributed by atoms with van der Waals surface area (Å²) in [6.45, 7) is 2.23. The van der Waals surface area contributed by atoms with E-state index in [-0.39, 0.29) is 17.7 Å². The zero-order valence-electron chi connectivity index (χ0n) is 26.2. The lowest BCUT2D eigenvalue weighted by Gasteiger charge is -2.26. The van der Waals surface area contributed by atoms with E-state index in [0.717, 1.165) is 20.1 Å². The van der Waals surface area contributed by atoms with E-state index in [0.29, 0.717) is 50.0 Å². The van der Waals surface area contributed by atoms with Crippen LogP contribution in [0, 0.1) is 0 Å². The number of ether oxygens (including phenoxy) is 4. The summed E-state index contributed by atoms with van der Waals surface area (Å²) in [6, 6.07) is 27.5. The molecule has 0 radical (unpaired) electrons. The highest BCUT2D eigenvalue weighted by atomic mass is 79.9. The fourth-order valence-electron chi connectivity index (χ4n) is 5.49. The van der Waals surface area contributed by atoms with Gasteiger partial charge in [0.05, 0.1) is 47.1 Å². The van der Waals surface area contributed by atoms with Crippen molar-refractivity contribution >= 4 is 60.9 Å². The van der Waals surface area contributed by atoms with E-state index in [9.17, 15) is 9.59 Å². The second-order valence-electron chi connectivity index (χ2n) is 10.6. The third-order valence-corrected chi connectivity index (χ3v) is 9.68. The number of benzene rings is 4. The number of carbonyl (C=O) groups excluding carboxylic acids is 1. The molecule has 0 amide bonds. The minimum Gasteiger partial charge on any atom is -0.493 e. The average Bonchev–Trinajstić information content (AvgIpc) is 3.41. The molecule has 0 unspecified atom stereocenters. The molecule has 0 spiro atoms. The van der Waals surface area contributed by atoms with E-state index >= 15 is 0 Å². The molecule has 0 saturated carbocycles. The number of fused-ring (bicyclic) bond motifs is 1. The van der Waals surface area contributed by atoms with Crippen LogP contribution in [0.1, 0.15) is 35.2 Å². The number of hydrogen-bond donors (Lipinski definition) is 0. The van der Waals surface area contributed by atoms with Crippen LogP contribution >= 0.6 is 43.2 Å². The summed E-state index contributed by atoms with van der Waals surface area (Å²) in [7, 11) is 3.09. The Hall–Kier alpha value is -4.45. The zero-order valence-corrected chi connectivity index (χ0v) is 30.2. The van der Waals surface area contributed by atoms with Crippen LogP contribution in [-0.2, 0) is 16.1 Å². The van der Waals surface area contributed by atoms with Gasteiger partial charge in [0.2, 0.25) is 0 Å². The molecule has 48 heavy (non-hydrogen) atoms. The maximum Gasteiger partial charge on any atom is 0.338 e. The van der Waals surface area contributed by atoms with Gasteiger partial charge in [-0.15, -0.1) is 0 Å². The molecule has 0 saturated heterocycles. The summed E-state index contributed by atoms with van der Waals surface area (Å²) in [5.74, 6) is 0.989. The van der Waals surface area contributed by atoms with Gasteiger partial charge in [-0.05, 0) is 64.3 Å². The van der Waals surface area contributed by atoms with E-state index < -0.39 is 12.0 Å². The van der Waals surface area contributed by atoms with E-state index in [2.05, 4.69) is 31.9 Å². The Balaban J connectivity index is 1.59. The van der Waals surface area contributed by atoms with Gasteiger partial charge < -0.3 is 18.9 Å². The van der Waals surface area contributed by atoms with Crippen molar-refractivity contribution in [3.63, 3.8) is 0 Å². The Labute approximate surface area is 297 Å². The number of thiazole rings is 1. The first-order valence-electron chi connectivity index (χ1n) is 15.0. The average molecular weight is 791 g/mol. The lowest BCUT2D eigenvalue weighted by Crippen LogP contribution is -2.40. The first-order valence-corrected chi connectivity index (χ1v) is 17.4. The number of esters is 1. The SMILES string of the molecule is CCOC(=O)C1=C(c2ccccc2)N=c2s/c(=C\c3cc(Br)cc(Br)c3OCc3ccccc3)c(=O)n2[C@@H]1c1ccc(OC)c(OC)c1. The van der Waals surface area contributed by atoms with Crippen molar-refractivity contribution in [1.29, 1.82) is 0 Å². The van der Waals surface area contributed by atoms with Crippen LogP contribution in [0.15, 0.2) is 115 Å². The van der Waals surface area contributed by atoms with Gasteiger partial charge in [-0.25, -0.2) is 9.79 Å². The molecule has 4 aromatic carbocycles. The minimum atomic E-state index is -0.875. The Morgan fingerprint density at radius 2 is 1.65 bits per heavy atom. The maximum atomic E-state index is 14.5. The van der Waals surface area contributed by atoms with Gasteiger partial charge in [-0.1, -0.05) is 94.0 Å². The second kappa shape index (κ2) is 14.8. The van der Waals surface area contributed by atoms with Crippen LogP contribution in [0.2, 0.25) is 0 Å². The molecule has 1 aromatic heterocycles. The van der Waals surface area contributed by atoms with Crippen LogP contribution in [0.25, 0.3) is 11.8 Å². The van der Waals surface area contributed by atoms with Crippen LogP contribution in [-0.4, -0.2) is 31.4 Å². The largest absolute Gasteiger partial charge is 0.493 e. The predicted octanol–water partition coefficient (Wildman–Crippen LogP) is 7.06. The molecule has 0 fully saturated rings. The lowest BCUT2D eigenvalue weighted by molar-refractivity contribution is -0.138. The molecule has 5 aromatic rings. The topological polar surface area (TPSA) is 88.4 Å². The van der Waals surface area contributed by atoms with E-state index in [4.69, 9.17) is 23.9 Å². The van der Waals surface area contributed by atoms with Crippen molar-refractivity contribution in [2.24, 2.45) is 4.99 Å². The molecule has 0 N–H and O–H groups in total. The Kier molecular flexibility index (Phi) is 10.3. The number of methoxy groups -OCH3 is 2. The van der Waals surface area contributed by atoms with Crippen molar-refractivity contribution in [2.45, 2.75) is 19.6 Å². The van der Waals surface area contributed by atoms with Gasteiger partial charge in [0.25, 0.3) is 5.56 Å². The number of rotatable bonds is 10. The van der Waals surface area contributed by atoms with Gasteiger partial charge in [-0.3, -0.25) is 9.36 Å². The van der Waals surface area contributed by atoms with Crippen molar-refractivity contribution in [3.8, 4) is 17.2 Å². The first-order chi connectivity index (χ1) is 23.3. The van der Waals surface area contributed by atoms with Gasteiger partial charge in [0.1, 0.15) is 12.4 Å². The van der Waals surface area contributed by atoms with E-state index in [1.165, 1.54) is 18.4 Å². The molecule has 1 aliphatic heterocycles. The molecule has 0 aliphatic carbocycles. The smallest absolute Gasteiger partial charge is 0.338 e. The number of hydrogen-bond acceptors (Lipinski definition) is 8. The number of aromatic nitrogens is 1. The lowest BCUT2D eigenvalue weighted by atomic mass is 9.93. The minimum absolute atomic E-state index is 0.150. The van der Waals surface area contributed by atoms with Crippen molar-refractivity contribution in [1.82, 2.24) is 4.57 Å². The monoisotopic (exact) mass is 788 g/mol. The predicted molar refractivity (Wildman–Crippen MR) is 193 cm³/mol. The third kappa shape index (κ3) is 6.76. The summed E-state index contributed by atoms with van der Waals surface area (Å²) in [4.78, 5) is 33.7. The summed E-state index contributed by atoms with van der Waals surface area (Å²) >= 11 is 8.46. The number of nitrogens with zero attached hydrogens (tertiary/aromatic N) is 2. The van der Waals surface area contributed by atoms with Crippen molar-refractivity contribution in [3.05, 3.63) is 147 Å². The fourth-order valence-corrected chi connectivity index (χ4v) is 7.85. The quantitative estimate of drug-likeness (QED) is 0.141. The molecular formula is C37H30Br2N2O6S. The van der Waals surface area contributed by atoms with Gasteiger partial charge in [-0.2, -0.15) is 0 Å². The Morgan fingerprint density at radius 3 is 2.33 bits per heavy atom. The molecule has 1 atom stereocenters. The first kappa shape index (κ1) is 33.5. The molecular weight excluding hydrogens is 760 g/mol. The molecule has 0 bridgehead atoms. The Morgan fingerprint density at radius 1 is 0.938 bits per heavy atom. The van der Waals surface area contributed by atoms with Gasteiger partial charge in [0.15, 0.2) is 16.3 Å². The normalized spacial score (nSPS) is 14.3. The highest BCUT2D eigenvalue weighted by Gasteiger charge is 2.35. The van der Waals surface area contributed by atoms with Gasteiger partial charge in [0, 0.05) is 15.6 Å². The molecule has 2 heterocycles. The zero-order chi connectivity index (χ0) is 33.8. The summed E-state index contributed by atoms with van der Waals surface area (Å²) in [5, 5.41) is 0. The second-order valence-corrected chi connectivity index (χ2v) is 13.4. The van der Waals surface area contributed by atoms with Crippen molar-refractivity contribution < 1.29 is 23.7 Å². The fraction of sp³-hybridized carbons (Fsp3) is 0.162. The van der Waals surface area contributed by atoms with Crippen LogP contribution < -0.4 is 29.1 Å². The third-order valence-electron chi connectivity index (χ3n) is 7.65. The highest BCUT2D eigenvalue weighted by Crippen LogP contribution is 2.39. The van der Waals surface area contributed by atoms with Crippen molar-refractivity contribution in [2.75, 3.05) is 20.8 Å². The molecule has 11 heteroatoms. The van der Waals surface area contributed by atoms with Gasteiger partial charge >= 0.3 is 5.97 Å².